The van der Waals surface area contributed by atoms with E-state index in [0.29, 0.717) is 37.8 Å². The van der Waals surface area contributed by atoms with Gasteiger partial charge in [-0.25, -0.2) is 8.42 Å². The van der Waals surface area contributed by atoms with Gasteiger partial charge in [0.05, 0.1) is 9.82 Å². The fourth-order valence-corrected chi connectivity index (χ4v) is 5.51. The normalized spacial score (nSPS) is 16.3. The number of aromatic nitrogens is 1. The minimum atomic E-state index is -4.16. The second kappa shape index (κ2) is 9.19. The van der Waals surface area contributed by atoms with Crippen molar-refractivity contribution in [2.45, 2.75) is 16.8 Å². The Hall–Kier alpha value is -3.64. The first-order valence-electron chi connectivity index (χ1n) is 11.2. The molecule has 0 spiro atoms. The molecule has 0 N–H and O–H groups in total. The molecule has 184 valence electrons. The van der Waals surface area contributed by atoms with E-state index in [1.807, 2.05) is 4.90 Å². The SMILES string of the molecule is CCN1CCN(c2oc(-c3ccccc3[N+](=O)[O-])nc2S(=O)(=O)c2ccc3c(c2)OCCO3)CC1. The van der Waals surface area contributed by atoms with Crippen LogP contribution in [-0.2, 0) is 9.84 Å². The van der Waals surface area contributed by atoms with Gasteiger partial charge in [0.25, 0.3) is 5.69 Å². The van der Waals surface area contributed by atoms with E-state index < -0.39 is 14.8 Å². The predicted octanol–water partition coefficient (Wildman–Crippen LogP) is 3.00. The Morgan fingerprint density at radius 2 is 1.74 bits per heavy atom. The molecule has 3 heterocycles. The van der Waals surface area contributed by atoms with Gasteiger partial charge in [-0.2, -0.15) is 4.98 Å². The van der Waals surface area contributed by atoms with Gasteiger partial charge in [0.1, 0.15) is 18.8 Å². The van der Waals surface area contributed by atoms with Gasteiger partial charge in [0.15, 0.2) is 11.5 Å². The second-order valence-electron chi connectivity index (χ2n) is 8.13. The number of sulfone groups is 1. The lowest BCUT2D eigenvalue weighted by molar-refractivity contribution is -0.384. The molecular formula is C23H24N4O7S. The monoisotopic (exact) mass is 500 g/mol. The second-order valence-corrected chi connectivity index (χ2v) is 10.00. The Balaban J connectivity index is 1.62. The molecule has 0 amide bonds. The first-order chi connectivity index (χ1) is 16.9. The molecule has 1 saturated heterocycles. The highest BCUT2D eigenvalue weighted by Gasteiger charge is 2.34. The molecule has 2 aromatic carbocycles. The van der Waals surface area contributed by atoms with Crippen LogP contribution in [0, 0.1) is 10.1 Å². The summed E-state index contributed by atoms with van der Waals surface area (Å²) < 4.78 is 44.6. The highest BCUT2D eigenvalue weighted by atomic mass is 32.2. The number of nitrogens with zero attached hydrogens (tertiary/aromatic N) is 4. The zero-order valence-corrected chi connectivity index (χ0v) is 19.9. The maximum absolute atomic E-state index is 13.8. The van der Waals surface area contributed by atoms with Crippen molar-refractivity contribution in [1.29, 1.82) is 0 Å². The molecule has 2 aliphatic rings. The number of hydrogen-bond donors (Lipinski definition) is 0. The summed E-state index contributed by atoms with van der Waals surface area (Å²) in [4.78, 5) is 19.4. The topological polar surface area (TPSA) is 128 Å². The van der Waals surface area contributed by atoms with Crippen LogP contribution in [-0.4, -0.2) is 69.2 Å². The van der Waals surface area contributed by atoms with Crippen molar-refractivity contribution < 1.29 is 27.2 Å². The van der Waals surface area contributed by atoms with E-state index in [-0.39, 0.29) is 32.9 Å². The highest BCUT2D eigenvalue weighted by molar-refractivity contribution is 7.91. The maximum Gasteiger partial charge on any atom is 0.282 e. The molecule has 0 atom stereocenters. The summed E-state index contributed by atoms with van der Waals surface area (Å²) in [6.45, 7) is 6.16. The largest absolute Gasteiger partial charge is 0.486 e. The fraction of sp³-hybridized carbons (Fsp3) is 0.348. The molecule has 3 aromatic rings. The average molecular weight is 501 g/mol. The smallest absolute Gasteiger partial charge is 0.282 e. The Morgan fingerprint density at radius 3 is 2.46 bits per heavy atom. The van der Waals surface area contributed by atoms with Gasteiger partial charge < -0.3 is 23.7 Å². The van der Waals surface area contributed by atoms with Crippen LogP contribution in [0.3, 0.4) is 0 Å². The number of para-hydroxylation sites is 1. The summed E-state index contributed by atoms with van der Waals surface area (Å²) in [7, 11) is -4.16. The molecule has 0 unspecified atom stereocenters. The minimum Gasteiger partial charge on any atom is -0.486 e. The minimum absolute atomic E-state index is 0.0300. The Labute approximate surface area is 201 Å². The van der Waals surface area contributed by atoms with Gasteiger partial charge in [-0.3, -0.25) is 10.1 Å². The van der Waals surface area contributed by atoms with E-state index in [0.717, 1.165) is 19.6 Å². The Morgan fingerprint density at radius 1 is 1.03 bits per heavy atom. The van der Waals surface area contributed by atoms with Crippen molar-refractivity contribution in [3.05, 3.63) is 52.6 Å². The number of anilines is 1. The number of rotatable bonds is 6. The lowest BCUT2D eigenvalue weighted by atomic mass is 10.2. The first kappa shape index (κ1) is 23.1. The van der Waals surface area contributed by atoms with Gasteiger partial charge in [-0.1, -0.05) is 19.1 Å². The summed E-state index contributed by atoms with van der Waals surface area (Å²) in [5, 5.41) is 11.3. The average Bonchev–Trinajstić information content (AvgIpc) is 3.35. The molecule has 11 nitrogen and oxygen atoms in total. The number of nitro benzene ring substituents is 1. The third kappa shape index (κ3) is 4.30. The van der Waals surface area contributed by atoms with E-state index in [9.17, 15) is 18.5 Å². The molecule has 12 heteroatoms. The van der Waals surface area contributed by atoms with E-state index in [4.69, 9.17) is 13.9 Å². The maximum atomic E-state index is 13.8. The summed E-state index contributed by atoms with van der Waals surface area (Å²) in [6.07, 6.45) is 0. The van der Waals surface area contributed by atoms with Crippen molar-refractivity contribution in [3.63, 3.8) is 0 Å². The van der Waals surface area contributed by atoms with E-state index >= 15 is 0 Å². The van der Waals surface area contributed by atoms with Crippen LogP contribution in [0.15, 0.2) is 56.8 Å². The summed E-state index contributed by atoms with van der Waals surface area (Å²) in [5.74, 6) is 0.745. The lowest BCUT2D eigenvalue weighted by Crippen LogP contribution is -2.46. The lowest BCUT2D eigenvalue weighted by Gasteiger charge is -2.33. The van der Waals surface area contributed by atoms with Crippen molar-refractivity contribution in [2.75, 3.05) is 50.8 Å². The predicted molar refractivity (Wildman–Crippen MR) is 126 cm³/mol. The fourth-order valence-electron chi connectivity index (χ4n) is 4.17. The van der Waals surface area contributed by atoms with E-state index in [1.54, 1.807) is 12.1 Å². The van der Waals surface area contributed by atoms with Crippen LogP contribution < -0.4 is 14.4 Å². The van der Waals surface area contributed by atoms with Crippen molar-refractivity contribution in [3.8, 4) is 23.0 Å². The molecule has 5 rings (SSSR count). The highest BCUT2D eigenvalue weighted by Crippen LogP contribution is 2.40. The molecule has 0 aliphatic carbocycles. The van der Waals surface area contributed by atoms with E-state index in [2.05, 4.69) is 16.8 Å². The summed E-state index contributed by atoms with van der Waals surface area (Å²) in [6, 6.07) is 10.3. The zero-order valence-electron chi connectivity index (χ0n) is 19.0. The molecule has 1 fully saturated rings. The van der Waals surface area contributed by atoms with Crippen molar-refractivity contribution >= 4 is 21.4 Å². The number of benzene rings is 2. The molecule has 0 bridgehead atoms. The number of likely N-dealkylation sites (N-methyl/N-ethyl adjacent to an activating group) is 1. The standard InChI is InChI=1S/C23H24N4O7S/c1-2-25-9-11-26(12-10-25)23-22(24-21(34-23)17-5-3-4-6-18(17)27(28)29)35(30,31)16-7-8-19-20(15-16)33-14-13-32-19/h3-8,15H,2,9-14H2,1H3. The Kier molecular flexibility index (Phi) is 6.07. The number of fused-ring (bicyclic) bond motifs is 1. The van der Waals surface area contributed by atoms with E-state index in [1.165, 1.54) is 30.3 Å². The number of nitro groups is 1. The number of oxazole rings is 1. The van der Waals surface area contributed by atoms with Gasteiger partial charge in [-0.05, 0) is 24.7 Å². The molecule has 2 aliphatic heterocycles. The zero-order chi connectivity index (χ0) is 24.6. The Bertz CT molecular complexity index is 1360. The van der Waals surface area contributed by atoms with Gasteiger partial charge in [0.2, 0.25) is 26.6 Å². The number of ether oxygens (including phenoxy) is 2. The first-order valence-corrected chi connectivity index (χ1v) is 12.7. The van der Waals surface area contributed by atoms with Crippen LogP contribution in [0.25, 0.3) is 11.5 Å². The van der Waals surface area contributed by atoms with Gasteiger partial charge in [-0.15, -0.1) is 0 Å². The van der Waals surface area contributed by atoms with Crippen LogP contribution in [0.5, 0.6) is 11.5 Å². The molecule has 1 aromatic heterocycles. The molecular weight excluding hydrogens is 476 g/mol. The molecule has 0 radical (unpaired) electrons. The van der Waals surface area contributed by atoms with Gasteiger partial charge >= 0.3 is 0 Å². The molecule has 0 saturated carbocycles. The van der Waals surface area contributed by atoms with Crippen molar-refractivity contribution in [1.82, 2.24) is 9.88 Å². The molecule has 35 heavy (non-hydrogen) atoms. The third-order valence-corrected chi connectivity index (χ3v) is 7.75. The third-order valence-electron chi connectivity index (χ3n) is 6.10. The van der Waals surface area contributed by atoms with Crippen LogP contribution in [0.2, 0.25) is 0 Å². The van der Waals surface area contributed by atoms with Crippen LogP contribution in [0.4, 0.5) is 11.6 Å². The quantitative estimate of drug-likeness (QED) is 0.368. The number of hydrogen-bond acceptors (Lipinski definition) is 10. The summed E-state index contributed by atoms with van der Waals surface area (Å²) >= 11 is 0. The van der Waals surface area contributed by atoms with Gasteiger partial charge in [0, 0.05) is 38.3 Å². The summed E-state index contributed by atoms with van der Waals surface area (Å²) in [5.41, 5.74) is -0.117. The number of piperazine rings is 1. The van der Waals surface area contributed by atoms with Crippen LogP contribution >= 0.6 is 0 Å². The van der Waals surface area contributed by atoms with Crippen molar-refractivity contribution in [2.24, 2.45) is 0 Å². The van der Waals surface area contributed by atoms with Crippen LogP contribution in [0.1, 0.15) is 6.92 Å².